The number of hydrogen-bond donors (Lipinski definition) is 3. The van der Waals surface area contributed by atoms with Crippen LogP contribution in [0.15, 0.2) is 66.9 Å². The highest BCUT2D eigenvalue weighted by molar-refractivity contribution is 5.94. The minimum absolute atomic E-state index is 0.0385. The van der Waals surface area contributed by atoms with Crippen LogP contribution in [0.4, 0.5) is 11.6 Å². The van der Waals surface area contributed by atoms with Crippen molar-refractivity contribution in [2.24, 2.45) is 0 Å². The first kappa shape index (κ1) is 21.0. The first-order valence-electron chi connectivity index (χ1n) is 11.1. The molecule has 0 unspecified atom stereocenters. The molecular formula is C25H26N6O2. The van der Waals surface area contributed by atoms with Crippen molar-refractivity contribution in [2.75, 3.05) is 25.5 Å². The average molecular weight is 443 g/mol. The molecule has 2 aromatic carbocycles. The smallest absolute Gasteiger partial charge is 0.251 e. The number of methoxy groups -OCH3 is 1. The lowest BCUT2D eigenvalue weighted by Gasteiger charge is -2.23. The number of anilines is 2. The van der Waals surface area contributed by atoms with E-state index in [0.29, 0.717) is 11.5 Å². The molecule has 0 bridgehead atoms. The maximum Gasteiger partial charge on any atom is 0.251 e. The highest BCUT2D eigenvalue weighted by atomic mass is 16.5. The van der Waals surface area contributed by atoms with Crippen molar-refractivity contribution in [1.29, 1.82) is 0 Å². The maximum absolute atomic E-state index is 12.5. The summed E-state index contributed by atoms with van der Waals surface area (Å²) in [5.41, 5.74) is 4.22. The number of aromatic nitrogens is 3. The van der Waals surface area contributed by atoms with Gasteiger partial charge in [-0.3, -0.25) is 4.79 Å². The number of fused-ring (bicyclic) bond motifs is 1. The summed E-state index contributed by atoms with van der Waals surface area (Å²) in [6, 6.07) is 19.4. The Bertz CT molecular complexity index is 1240. The molecule has 33 heavy (non-hydrogen) atoms. The van der Waals surface area contributed by atoms with E-state index in [9.17, 15) is 4.79 Å². The number of benzene rings is 2. The van der Waals surface area contributed by atoms with Gasteiger partial charge >= 0.3 is 0 Å². The molecule has 168 valence electrons. The van der Waals surface area contributed by atoms with Crippen LogP contribution in [0.3, 0.4) is 0 Å². The Kier molecular flexibility index (Phi) is 5.91. The average Bonchev–Trinajstić information content (AvgIpc) is 3.27. The van der Waals surface area contributed by atoms with E-state index in [0.717, 1.165) is 54.1 Å². The summed E-state index contributed by atoms with van der Waals surface area (Å²) in [5, 5.41) is 14.2. The number of nitrogens with zero attached hydrogens (tertiary/aromatic N) is 3. The molecule has 5 rings (SSSR count). The van der Waals surface area contributed by atoms with E-state index in [-0.39, 0.29) is 11.9 Å². The first-order valence-corrected chi connectivity index (χ1v) is 11.1. The summed E-state index contributed by atoms with van der Waals surface area (Å²) >= 11 is 0. The molecule has 0 spiro atoms. The molecule has 0 atom stereocenters. The van der Waals surface area contributed by atoms with E-state index in [1.165, 1.54) is 0 Å². The molecule has 1 saturated heterocycles. The summed E-state index contributed by atoms with van der Waals surface area (Å²) in [6.45, 7) is 1.89. The third kappa shape index (κ3) is 4.65. The number of carbonyl (C=O) groups excluding carboxylic acids is 1. The second-order valence-corrected chi connectivity index (χ2v) is 8.05. The summed E-state index contributed by atoms with van der Waals surface area (Å²) in [5.74, 6) is 1.26. The van der Waals surface area contributed by atoms with Crippen LogP contribution in [0.2, 0.25) is 0 Å². The lowest BCUT2D eigenvalue weighted by atomic mass is 10.1. The molecule has 0 aliphatic carbocycles. The van der Waals surface area contributed by atoms with E-state index in [4.69, 9.17) is 4.74 Å². The van der Waals surface area contributed by atoms with Crippen LogP contribution in [0.5, 0.6) is 5.75 Å². The molecule has 1 aliphatic rings. The van der Waals surface area contributed by atoms with Gasteiger partial charge < -0.3 is 20.7 Å². The number of pyridine rings is 1. The van der Waals surface area contributed by atoms with Gasteiger partial charge in [0.25, 0.3) is 5.91 Å². The molecule has 1 amide bonds. The molecule has 2 aromatic heterocycles. The van der Waals surface area contributed by atoms with Crippen molar-refractivity contribution < 1.29 is 9.53 Å². The molecule has 1 fully saturated rings. The van der Waals surface area contributed by atoms with Crippen LogP contribution in [-0.4, -0.2) is 46.7 Å². The summed E-state index contributed by atoms with van der Waals surface area (Å²) < 4.78 is 7.01. The number of rotatable bonds is 6. The molecule has 4 aromatic rings. The number of carbonyl (C=O) groups is 1. The zero-order valence-electron chi connectivity index (χ0n) is 18.4. The largest absolute Gasteiger partial charge is 0.497 e. The molecule has 8 nitrogen and oxygen atoms in total. The van der Waals surface area contributed by atoms with Gasteiger partial charge in [-0.2, -0.15) is 4.98 Å². The molecule has 8 heteroatoms. The number of hydrogen-bond acceptors (Lipinski definition) is 6. The standard InChI is InChI=1S/C25H26N6O2/c1-33-21-10-6-17(7-11-21)22-3-2-16-31-23(22)29-25(30-31)28-19-8-4-18(5-9-19)24(32)27-20-12-14-26-15-13-20/h2-11,16,20,26H,12-15H2,1H3,(H,27,32)(H,28,30). The number of nitrogens with one attached hydrogen (secondary N) is 3. The summed E-state index contributed by atoms with van der Waals surface area (Å²) in [6.07, 6.45) is 3.79. The highest BCUT2D eigenvalue weighted by Gasteiger charge is 2.16. The lowest BCUT2D eigenvalue weighted by Crippen LogP contribution is -2.42. The Morgan fingerprint density at radius 2 is 1.82 bits per heavy atom. The maximum atomic E-state index is 12.5. The van der Waals surface area contributed by atoms with E-state index in [2.05, 4.69) is 26.0 Å². The molecule has 1 aliphatic heterocycles. The zero-order chi connectivity index (χ0) is 22.6. The molecular weight excluding hydrogens is 416 g/mol. The Morgan fingerprint density at radius 3 is 2.55 bits per heavy atom. The Balaban J connectivity index is 1.31. The fraction of sp³-hybridized carbons (Fsp3) is 0.240. The van der Waals surface area contributed by atoms with Gasteiger partial charge in [-0.25, -0.2) is 4.52 Å². The topological polar surface area (TPSA) is 92.6 Å². The monoisotopic (exact) mass is 442 g/mol. The fourth-order valence-corrected chi connectivity index (χ4v) is 4.02. The SMILES string of the molecule is COc1ccc(-c2cccn3nc(Nc4ccc(C(=O)NC5CCNCC5)cc4)nc23)cc1. The van der Waals surface area contributed by atoms with E-state index >= 15 is 0 Å². The number of ether oxygens (including phenoxy) is 1. The fourth-order valence-electron chi connectivity index (χ4n) is 4.02. The Labute approximate surface area is 192 Å². The highest BCUT2D eigenvalue weighted by Crippen LogP contribution is 2.26. The molecule has 0 radical (unpaired) electrons. The molecule has 3 heterocycles. The van der Waals surface area contributed by atoms with Crippen molar-refractivity contribution in [1.82, 2.24) is 25.2 Å². The Hall–Kier alpha value is -3.91. The van der Waals surface area contributed by atoms with Gasteiger partial charge in [0.2, 0.25) is 5.95 Å². The Morgan fingerprint density at radius 1 is 1.06 bits per heavy atom. The van der Waals surface area contributed by atoms with E-state index in [1.807, 2.05) is 66.9 Å². The van der Waals surface area contributed by atoms with Crippen molar-refractivity contribution in [3.63, 3.8) is 0 Å². The van der Waals surface area contributed by atoms with E-state index in [1.54, 1.807) is 11.6 Å². The van der Waals surface area contributed by atoms with Crippen LogP contribution in [-0.2, 0) is 0 Å². The van der Waals surface area contributed by atoms with Gasteiger partial charge in [-0.1, -0.05) is 12.1 Å². The second-order valence-electron chi connectivity index (χ2n) is 8.05. The third-order valence-corrected chi connectivity index (χ3v) is 5.84. The zero-order valence-corrected chi connectivity index (χ0v) is 18.4. The molecule has 3 N–H and O–H groups in total. The van der Waals surface area contributed by atoms with Crippen molar-refractivity contribution in [2.45, 2.75) is 18.9 Å². The van der Waals surface area contributed by atoms with E-state index < -0.39 is 0 Å². The van der Waals surface area contributed by atoms with Crippen LogP contribution in [0.1, 0.15) is 23.2 Å². The van der Waals surface area contributed by atoms with Crippen molar-refractivity contribution in [3.8, 4) is 16.9 Å². The minimum atomic E-state index is -0.0385. The first-order chi connectivity index (χ1) is 16.2. The van der Waals surface area contributed by atoms with Gasteiger partial charge in [0.05, 0.1) is 7.11 Å². The lowest BCUT2D eigenvalue weighted by molar-refractivity contribution is 0.0929. The quantitative estimate of drug-likeness (QED) is 0.422. The molecule has 0 saturated carbocycles. The second kappa shape index (κ2) is 9.30. The van der Waals surface area contributed by atoms with Crippen LogP contribution in [0, 0.1) is 0 Å². The summed E-state index contributed by atoms with van der Waals surface area (Å²) in [7, 11) is 1.65. The normalized spacial score (nSPS) is 14.2. The van der Waals surface area contributed by atoms with Gasteiger partial charge in [-0.05, 0) is 80.0 Å². The van der Waals surface area contributed by atoms with Gasteiger partial charge in [0.15, 0.2) is 5.65 Å². The van der Waals surface area contributed by atoms with Crippen LogP contribution in [0.25, 0.3) is 16.8 Å². The number of amides is 1. The van der Waals surface area contributed by atoms with Crippen molar-refractivity contribution >= 4 is 23.2 Å². The van der Waals surface area contributed by atoms with Crippen LogP contribution < -0.4 is 20.7 Å². The van der Waals surface area contributed by atoms with Gasteiger partial charge in [-0.15, -0.1) is 5.10 Å². The third-order valence-electron chi connectivity index (χ3n) is 5.84. The van der Waals surface area contributed by atoms with Crippen molar-refractivity contribution in [3.05, 3.63) is 72.4 Å². The van der Waals surface area contributed by atoms with Crippen LogP contribution >= 0.6 is 0 Å². The summed E-state index contributed by atoms with van der Waals surface area (Å²) in [4.78, 5) is 17.2. The predicted octanol–water partition coefficient (Wildman–Crippen LogP) is 3.63. The van der Waals surface area contributed by atoms with Gasteiger partial charge in [0, 0.05) is 29.1 Å². The minimum Gasteiger partial charge on any atom is -0.497 e. The number of piperidine rings is 1. The van der Waals surface area contributed by atoms with Gasteiger partial charge in [0.1, 0.15) is 5.75 Å². The predicted molar refractivity (Wildman–Crippen MR) is 128 cm³/mol.